The Morgan fingerprint density at radius 3 is 2.87 bits per heavy atom. The van der Waals surface area contributed by atoms with E-state index in [4.69, 9.17) is 11.6 Å². The molecule has 0 amide bonds. The highest BCUT2D eigenvalue weighted by molar-refractivity contribution is 6.30. The molecule has 0 fully saturated rings. The third kappa shape index (κ3) is 1.37. The summed E-state index contributed by atoms with van der Waals surface area (Å²) >= 11 is 5.85. The van der Waals surface area contributed by atoms with Crippen molar-refractivity contribution in [1.29, 1.82) is 0 Å². The van der Waals surface area contributed by atoms with Crippen LogP contribution in [0.2, 0.25) is 5.02 Å². The zero-order valence-corrected chi connectivity index (χ0v) is 8.75. The second-order valence-corrected chi connectivity index (χ2v) is 3.92. The van der Waals surface area contributed by atoms with Gasteiger partial charge < -0.3 is 0 Å². The Morgan fingerprint density at radius 1 is 1.27 bits per heavy atom. The van der Waals surface area contributed by atoms with Gasteiger partial charge in [0.15, 0.2) is 0 Å². The van der Waals surface area contributed by atoms with Gasteiger partial charge in [-0.05, 0) is 24.3 Å². The molecule has 1 aliphatic rings. The number of aromatic amines is 1. The SMILES string of the molecule is Clc1ccc(-c2[nH]nc3[n+]2CCN3)cc1. The van der Waals surface area contributed by atoms with Gasteiger partial charge in [-0.15, -0.1) is 0 Å². The first-order chi connectivity index (χ1) is 7.34. The number of nitrogens with one attached hydrogen (secondary N) is 2. The van der Waals surface area contributed by atoms with E-state index < -0.39 is 0 Å². The van der Waals surface area contributed by atoms with Crippen molar-refractivity contribution in [3.05, 3.63) is 29.3 Å². The van der Waals surface area contributed by atoms with Crippen LogP contribution in [0.25, 0.3) is 11.4 Å². The molecule has 2 heterocycles. The minimum atomic E-state index is 0.748. The molecule has 0 atom stereocenters. The second kappa shape index (κ2) is 3.24. The zero-order chi connectivity index (χ0) is 10.3. The summed E-state index contributed by atoms with van der Waals surface area (Å²) in [6, 6.07) is 7.74. The third-order valence-electron chi connectivity index (χ3n) is 2.53. The lowest BCUT2D eigenvalue weighted by Crippen LogP contribution is -2.31. The predicted octanol–water partition coefficient (Wildman–Crippen LogP) is 1.44. The van der Waals surface area contributed by atoms with Gasteiger partial charge in [-0.25, -0.2) is 4.57 Å². The van der Waals surface area contributed by atoms with Gasteiger partial charge in [-0.1, -0.05) is 11.6 Å². The number of nitrogens with zero attached hydrogens (tertiary/aromatic N) is 2. The Morgan fingerprint density at radius 2 is 2.07 bits per heavy atom. The van der Waals surface area contributed by atoms with Gasteiger partial charge in [0.25, 0.3) is 0 Å². The van der Waals surface area contributed by atoms with E-state index in [-0.39, 0.29) is 0 Å². The second-order valence-electron chi connectivity index (χ2n) is 3.48. The molecule has 1 aromatic heterocycles. The van der Waals surface area contributed by atoms with Crippen molar-refractivity contribution in [3.63, 3.8) is 0 Å². The average Bonchev–Trinajstić information content (AvgIpc) is 2.80. The van der Waals surface area contributed by atoms with Crippen molar-refractivity contribution < 1.29 is 4.57 Å². The molecule has 1 aromatic carbocycles. The van der Waals surface area contributed by atoms with E-state index in [2.05, 4.69) is 20.1 Å². The van der Waals surface area contributed by atoms with Crippen LogP contribution in [0, 0.1) is 0 Å². The summed E-state index contributed by atoms with van der Waals surface area (Å²) in [4.78, 5) is 0. The Bertz CT molecular complexity index is 489. The highest BCUT2D eigenvalue weighted by atomic mass is 35.5. The van der Waals surface area contributed by atoms with Crippen LogP contribution >= 0.6 is 11.6 Å². The molecule has 76 valence electrons. The van der Waals surface area contributed by atoms with E-state index in [9.17, 15) is 0 Å². The molecule has 0 saturated heterocycles. The van der Waals surface area contributed by atoms with Crippen LogP contribution in [0.4, 0.5) is 5.95 Å². The summed E-state index contributed by atoms with van der Waals surface area (Å²) in [7, 11) is 0. The largest absolute Gasteiger partial charge is 0.378 e. The van der Waals surface area contributed by atoms with E-state index in [0.717, 1.165) is 35.4 Å². The number of aromatic nitrogens is 3. The number of fused-ring (bicyclic) bond motifs is 1. The number of rotatable bonds is 1. The number of hydrogen-bond donors (Lipinski definition) is 2. The fraction of sp³-hybridized carbons (Fsp3) is 0.200. The summed E-state index contributed by atoms with van der Waals surface area (Å²) in [5.74, 6) is 1.92. The van der Waals surface area contributed by atoms with Crippen molar-refractivity contribution in [2.24, 2.45) is 0 Å². The fourth-order valence-electron chi connectivity index (χ4n) is 1.79. The molecule has 5 heteroatoms. The van der Waals surface area contributed by atoms with Gasteiger partial charge >= 0.3 is 5.95 Å². The minimum absolute atomic E-state index is 0.748. The van der Waals surface area contributed by atoms with E-state index in [1.807, 2.05) is 24.3 Å². The van der Waals surface area contributed by atoms with E-state index >= 15 is 0 Å². The maximum atomic E-state index is 5.85. The third-order valence-corrected chi connectivity index (χ3v) is 2.78. The van der Waals surface area contributed by atoms with Crippen LogP contribution in [0.5, 0.6) is 0 Å². The molecule has 0 radical (unpaired) electrons. The Balaban J connectivity index is 2.09. The highest BCUT2D eigenvalue weighted by Gasteiger charge is 2.24. The zero-order valence-electron chi connectivity index (χ0n) is 8.00. The van der Waals surface area contributed by atoms with Crippen molar-refractivity contribution >= 4 is 17.5 Å². The summed E-state index contributed by atoms with van der Waals surface area (Å²) in [6.07, 6.45) is 0. The van der Waals surface area contributed by atoms with Gasteiger partial charge in [0, 0.05) is 15.7 Å². The standard InChI is InChI=1S/C10H9ClN4/c11-8-3-1-7(2-4-8)9-13-14-10-12-5-6-15(9)10/h1-4H,5-6H2,(H,12,14)/p+1. The van der Waals surface area contributed by atoms with Crippen molar-refractivity contribution in [2.75, 3.05) is 11.9 Å². The topological polar surface area (TPSA) is 44.6 Å². The molecule has 2 N–H and O–H groups in total. The molecule has 3 rings (SSSR count). The number of H-pyrrole nitrogens is 1. The predicted molar refractivity (Wildman–Crippen MR) is 57.7 cm³/mol. The highest BCUT2D eigenvalue weighted by Crippen LogP contribution is 2.18. The molecule has 0 spiro atoms. The molecule has 0 bridgehead atoms. The van der Waals surface area contributed by atoms with Gasteiger partial charge in [0.2, 0.25) is 5.82 Å². The van der Waals surface area contributed by atoms with Crippen LogP contribution in [0.1, 0.15) is 0 Å². The van der Waals surface area contributed by atoms with Crippen LogP contribution < -0.4 is 9.88 Å². The first-order valence-electron chi connectivity index (χ1n) is 4.82. The number of halogens is 1. The first kappa shape index (κ1) is 8.73. The summed E-state index contributed by atoms with van der Waals surface area (Å²) < 4.78 is 2.13. The smallest absolute Gasteiger partial charge is 0.289 e. The molecule has 15 heavy (non-hydrogen) atoms. The van der Waals surface area contributed by atoms with Crippen LogP contribution in [0.3, 0.4) is 0 Å². The molecule has 0 aliphatic carbocycles. The van der Waals surface area contributed by atoms with Gasteiger partial charge in [0.1, 0.15) is 0 Å². The maximum absolute atomic E-state index is 5.85. The van der Waals surface area contributed by atoms with Crippen molar-refractivity contribution in [3.8, 4) is 11.4 Å². The molecule has 2 aromatic rings. The summed E-state index contributed by atoms with van der Waals surface area (Å²) in [6.45, 7) is 1.89. The van der Waals surface area contributed by atoms with Crippen LogP contribution in [-0.4, -0.2) is 16.7 Å². The van der Waals surface area contributed by atoms with Crippen molar-refractivity contribution in [1.82, 2.24) is 10.2 Å². The lowest BCUT2D eigenvalue weighted by atomic mass is 10.2. The summed E-state index contributed by atoms with van der Waals surface area (Å²) in [5, 5.41) is 11.2. The minimum Gasteiger partial charge on any atom is -0.289 e. The van der Waals surface area contributed by atoms with Gasteiger partial charge in [0.05, 0.1) is 13.1 Å². The lowest BCUT2D eigenvalue weighted by molar-refractivity contribution is -0.659. The van der Waals surface area contributed by atoms with Gasteiger partial charge in [-0.2, -0.15) is 5.10 Å². The summed E-state index contributed by atoms with van der Waals surface area (Å²) in [5.41, 5.74) is 1.10. The quantitative estimate of drug-likeness (QED) is 0.716. The average molecular weight is 222 g/mol. The molecule has 4 nitrogen and oxygen atoms in total. The van der Waals surface area contributed by atoms with E-state index in [1.165, 1.54) is 0 Å². The fourth-order valence-corrected chi connectivity index (χ4v) is 1.92. The molecule has 0 saturated carbocycles. The van der Waals surface area contributed by atoms with Crippen LogP contribution in [-0.2, 0) is 6.54 Å². The monoisotopic (exact) mass is 221 g/mol. The number of benzene rings is 1. The maximum Gasteiger partial charge on any atom is 0.378 e. The van der Waals surface area contributed by atoms with E-state index in [0.29, 0.717) is 0 Å². The van der Waals surface area contributed by atoms with Crippen molar-refractivity contribution in [2.45, 2.75) is 6.54 Å². The lowest BCUT2D eigenvalue weighted by Gasteiger charge is -1.97. The first-order valence-corrected chi connectivity index (χ1v) is 5.20. The number of anilines is 1. The normalized spacial score (nSPS) is 13.7. The molecular weight excluding hydrogens is 212 g/mol. The Labute approximate surface area is 91.9 Å². The Kier molecular flexibility index (Phi) is 1.89. The Hall–Kier alpha value is -1.55. The number of hydrogen-bond acceptors (Lipinski definition) is 2. The molecule has 1 aliphatic heterocycles. The molecular formula is C10H10ClN4+. The molecule has 0 unspecified atom stereocenters. The van der Waals surface area contributed by atoms with Gasteiger partial charge in [-0.3, -0.25) is 5.32 Å². The van der Waals surface area contributed by atoms with E-state index in [1.54, 1.807) is 0 Å². The van der Waals surface area contributed by atoms with Crippen LogP contribution in [0.15, 0.2) is 24.3 Å².